The molecule has 142 valence electrons. The fourth-order valence-electron chi connectivity index (χ4n) is 2.34. The molecule has 0 aliphatic carbocycles. The standard InChI is InChI=1S/C18H18N2O5S2/c1-12(20-27(22,23)14-9-7-13(24-2)8-10-14)18(21)25-11-17-19-15-5-3-4-6-16(15)26-17/h3-10,12,20H,11H2,1-2H3/t12-/m0/s1. The quantitative estimate of drug-likeness (QED) is 0.606. The normalized spacial score (nSPS) is 12.7. The molecule has 3 rings (SSSR count). The smallest absolute Gasteiger partial charge is 0.324 e. The molecule has 2 aromatic carbocycles. The highest BCUT2D eigenvalue weighted by atomic mass is 32.2. The van der Waals surface area contributed by atoms with Crippen LogP contribution in [-0.4, -0.2) is 32.5 Å². The van der Waals surface area contributed by atoms with Crippen molar-refractivity contribution >= 4 is 37.5 Å². The van der Waals surface area contributed by atoms with E-state index in [1.165, 1.54) is 49.6 Å². The molecule has 0 aliphatic rings. The minimum Gasteiger partial charge on any atom is -0.497 e. The Morgan fingerprint density at radius 1 is 1.19 bits per heavy atom. The number of carbonyl (C=O) groups excluding carboxylic acids is 1. The minimum atomic E-state index is -3.85. The van der Waals surface area contributed by atoms with Gasteiger partial charge in [-0.3, -0.25) is 4.79 Å². The summed E-state index contributed by atoms with van der Waals surface area (Å²) in [5.41, 5.74) is 0.835. The predicted octanol–water partition coefficient (Wildman–Crippen LogP) is 2.72. The van der Waals surface area contributed by atoms with Gasteiger partial charge < -0.3 is 9.47 Å². The number of carbonyl (C=O) groups is 1. The molecular weight excluding hydrogens is 388 g/mol. The van der Waals surface area contributed by atoms with Crippen LogP contribution < -0.4 is 9.46 Å². The van der Waals surface area contributed by atoms with Gasteiger partial charge in [-0.25, -0.2) is 13.4 Å². The Hall–Kier alpha value is -2.49. The Labute approximate surface area is 161 Å². The second kappa shape index (κ2) is 8.03. The van der Waals surface area contributed by atoms with Crippen molar-refractivity contribution in [1.82, 2.24) is 9.71 Å². The van der Waals surface area contributed by atoms with E-state index in [2.05, 4.69) is 9.71 Å². The lowest BCUT2D eigenvalue weighted by molar-refractivity contribution is -0.146. The monoisotopic (exact) mass is 406 g/mol. The van der Waals surface area contributed by atoms with E-state index >= 15 is 0 Å². The predicted molar refractivity (Wildman–Crippen MR) is 102 cm³/mol. The lowest BCUT2D eigenvalue weighted by atomic mass is 10.3. The van der Waals surface area contributed by atoms with Gasteiger partial charge in [0.2, 0.25) is 10.0 Å². The van der Waals surface area contributed by atoms with E-state index < -0.39 is 22.0 Å². The molecule has 3 aromatic rings. The van der Waals surface area contributed by atoms with Crippen LogP contribution in [0.15, 0.2) is 53.4 Å². The molecule has 0 aliphatic heterocycles. The van der Waals surface area contributed by atoms with E-state index in [-0.39, 0.29) is 11.5 Å². The lowest BCUT2D eigenvalue weighted by Crippen LogP contribution is -2.39. The summed E-state index contributed by atoms with van der Waals surface area (Å²) in [6.45, 7) is 1.43. The molecule has 1 N–H and O–H groups in total. The summed E-state index contributed by atoms with van der Waals surface area (Å²) in [4.78, 5) is 16.6. The summed E-state index contributed by atoms with van der Waals surface area (Å²) < 4.78 is 38.2. The highest BCUT2D eigenvalue weighted by Crippen LogP contribution is 2.22. The molecule has 0 spiro atoms. The molecule has 1 heterocycles. The molecule has 1 aromatic heterocycles. The number of para-hydroxylation sites is 1. The summed E-state index contributed by atoms with van der Waals surface area (Å²) in [5, 5.41) is 0.648. The van der Waals surface area contributed by atoms with Gasteiger partial charge in [0.05, 0.1) is 22.2 Å². The van der Waals surface area contributed by atoms with Gasteiger partial charge in [-0.05, 0) is 43.3 Å². The molecule has 0 amide bonds. The largest absolute Gasteiger partial charge is 0.497 e. The van der Waals surface area contributed by atoms with Crippen molar-refractivity contribution in [2.75, 3.05) is 7.11 Å². The summed E-state index contributed by atoms with van der Waals surface area (Å²) in [7, 11) is -2.36. The Bertz CT molecular complexity index is 1010. The first-order valence-corrected chi connectivity index (χ1v) is 10.4. The van der Waals surface area contributed by atoms with E-state index in [9.17, 15) is 13.2 Å². The van der Waals surface area contributed by atoms with E-state index in [1.54, 1.807) is 0 Å². The van der Waals surface area contributed by atoms with E-state index in [4.69, 9.17) is 9.47 Å². The van der Waals surface area contributed by atoms with E-state index in [1.807, 2.05) is 24.3 Å². The molecule has 9 heteroatoms. The Balaban J connectivity index is 1.60. The molecule has 0 unspecified atom stereocenters. The van der Waals surface area contributed by atoms with Crippen LogP contribution in [0.2, 0.25) is 0 Å². The van der Waals surface area contributed by atoms with Crippen molar-refractivity contribution in [3.05, 3.63) is 53.5 Å². The van der Waals surface area contributed by atoms with Crippen LogP contribution in [-0.2, 0) is 26.2 Å². The van der Waals surface area contributed by atoms with Gasteiger partial charge in [0, 0.05) is 0 Å². The number of rotatable bonds is 7. The van der Waals surface area contributed by atoms with Crippen molar-refractivity contribution in [3.8, 4) is 5.75 Å². The number of aromatic nitrogens is 1. The van der Waals surface area contributed by atoms with Crippen LogP contribution in [0.25, 0.3) is 10.2 Å². The second-order valence-corrected chi connectivity index (χ2v) is 8.53. The fourth-order valence-corrected chi connectivity index (χ4v) is 4.42. The van der Waals surface area contributed by atoms with Crippen molar-refractivity contribution in [2.24, 2.45) is 0 Å². The van der Waals surface area contributed by atoms with Gasteiger partial charge in [-0.1, -0.05) is 12.1 Å². The molecule has 1 atom stereocenters. The third-order valence-electron chi connectivity index (χ3n) is 3.73. The third-order valence-corrected chi connectivity index (χ3v) is 6.30. The number of methoxy groups -OCH3 is 1. The zero-order valence-electron chi connectivity index (χ0n) is 14.7. The van der Waals surface area contributed by atoms with Crippen LogP contribution in [0.3, 0.4) is 0 Å². The number of ether oxygens (including phenoxy) is 2. The molecule has 0 fully saturated rings. The van der Waals surface area contributed by atoms with Gasteiger partial charge >= 0.3 is 5.97 Å². The molecular formula is C18H18N2O5S2. The topological polar surface area (TPSA) is 94.6 Å². The SMILES string of the molecule is COc1ccc(S(=O)(=O)N[C@@H](C)C(=O)OCc2nc3ccccc3s2)cc1. The van der Waals surface area contributed by atoms with Gasteiger partial charge in [0.15, 0.2) is 0 Å². The van der Waals surface area contributed by atoms with Gasteiger partial charge in [-0.2, -0.15) is 4.72 Å². The number of esters is 1. The summed E-state index contributed by atoms with van der Waals surface area (Å²) in [5.74, 6) is -0.136. The fraction of sp³-hybridized carbons (Fsp3) is 0.222. The van der Waals surface area contributed by atoms with Crippen molar-refractivity contribution in [2.45, 2.75) is 24.5 Å². The van der Waals surface area contributed by atoms with Gasteiger partial charge in [0.25, 0.3) is 0 Å². The van der Waals surface area contributed by atoms with E-state index in [0.717, 1.165) is 10.2 Å². The van der Waals surface area contributed by atoms with Crippen molar-refractivity contribution in [3.63, 3.8) is 0 Å². The molecule has 0 saturated heterocycles. The number of thiazole rings is 1. The molecule has 0 saturated carbocycles. The summed E-state index contributed by atoms with van der Waals surface area (Å²) in [6, 6.07) is 12.4. The van der Waals surface area contributed by atoms with Crippen molar-refractivity contribution in [1.29, 1.82) is 0 Å². The highest BCUT2D eigenvalue weighted by Gasteiger charge is 2.23. The zero-order valence-corrected chi connectivity index (χ0v) is 16.3. The van der Waals surface area contributed by atoms with Crippen LogP contribution in [0.5, 0.6) is 5.75 Å². The van der Waals surface area contributed by atoms with Crippen LogP contribution in [0.1, 0.15) is 11.9 Å². The van der Waals surface area contributed by atoms with Crippen LogP contribution in [0.4, 0.5) is 0 Å². The minimum absolute atomic E-state index is 0.00716. The Morgan fingerprint density at radius 3 is 2.56 bits per heavy atom. The first-order valence-electron chi connectivity index (χ1n) is 8.06. The number of hydrogen-bond acceptors (Lipinski definition) is 7. The number of nitrogens with one attached hydrogen (secondary N) is 1. The number of sulfonamides is 1. The summed E-state index contributed by atoms with van der Waals surface area (Å²) in [6.07, 6.45) is 0. The van der Waals surface area contributed by atoms with Crippen LogP contribution in [0, 0.1) is 0 Å². The molecule has 7 nitrogen and oxygen atoms in total. The molecule has 0 bridgehead atoms. The molecule has 0 radical (unpaired) electrons. The Morgan fingerprint density at radius 2 is 1.89 bits per heavy atom. The number of benzene rings is 2. The maximum atomic E-state index is 12.4. The first-order chi connectivity index (χ1) is 12.9. The second-order valence-electron chi connectivity index (χ2n) is 5.70. The first kappa shape index (κ1) is 19.3. The van der Waals surface area contributed by atoms with E-state index in [0.29, 0.717) is 10.8 Å². The lowest BCUT2D eigenvalue weighted by Gasteiger charge is -2.13. The highest BCUT2D eigenvalue weighted by molar-refractivity contribution is 7.89. The average Bonchev–Trinajstić information content (AvgIpc) is 3.08. The third kappa shape index (κ3) is 4.62. The van der Waals surface area contributed by atoms with Gasteiger partial charge in [0.1, 0.15) is 23.4 Å². The Kier molecular flexibility index (Phi) is 5.73. The zero-order chi connectivity index (χ0) is 19.4. The van der Waals surface area contributed by atoms with Gasteiger partial charge in [-0.15, -0.1) is 11.3 Å². The molecule has 27 heavy (non-hydrogen) atoms. The number of hydrogen-bond donors (Lipinski definition) is 1. The number of fused-ring (bicyclic) bond motifs is 1. The maximum absolute atomic E-state index is 12.4. The average molecular weight is 406 g/mol. The maximum Gasteiger partial charge on any atom is 0.324 e. The van der Waals surface area contributed by atoms with Crippen LogP contribution >= 0.6 is 11.3 Å². The number of nitrogens with zero attached hydrogens (tertiary/aromatic N) is 1. The van der Waals surface area contributed by atoms with Crippen molar-refractivity contribution < 1.29 is 22.7 Å². The summed E-state index contributed by atoms with van der Waals surface area (Å²) >= 11 is 1.43.